The number of H-pyrrole nitrogens is 1. The molecule has 2 atom stereocenters. The monoisotopic (exact) mass is 395 g/mol. The van der Waals surface area contributed by atoms with Crippen molar-refractivity contribution in [2.24, 2.45) is 5.16 Å². The van der Waals surface area contributed by atoms with Crippen LogP contribution in [-0.4, -0.2) is 72.9 Å². The SMILES string of the molecule is CC1C(NC(=O)/C(=N/OCC(=O)O)c2csc(N)n2)C(=O)N1c1nnn[nH]1. The number of amides is 2. The van der Waals surface area contributed by atoms with Crippen LogP contribution in [0.5, 0.6) is 0 Å². The molecule has 2 unspecified atom stereocenters. The van der Waals surface area contributed by atoms with Gasteiger partial charge in [-0.2, -0.15) is 0 Å². The Morgan fingerprint density at radius 2 is 2.33 bits per heavy atom. The lowest BCUT2D eigenvalue weighted by molar-refractivity contribution is -0.142. The van der Waals surface area contributed by atoms with Crippen LogP contribution < -0.4 is 16.0 Å². The largest absolute Gasteiger partial charge is 0.479 e. The van der Waals surface area contributed by atoms with Crippen molar-refractivity contribution < 1.29 is 24.3 Å². The van der Waals surface area contributed by atoms with E-state index in [1.807, 2.05) is 0 Å². The van der Waals surface area contributed by atoms with Gasteiger partial charge in [-0.15, -0.1) is 11.3 Å². The van der Waals surface area contributed by atoms with E-state index >= 15 is 0 Å². The second-order valence-corrected chi connectivity index (χ2v) is 6.19. The lowest BCUT2D eigenvalue weighted by Gasteiger charge is -2.43. The zero-order valence-electron chi connectivity index (χ0n) is 13.7. The highest BCUT2D eigenvalue weighted by Gasteiger charge is 2.48. The van der Waals surface area contributed by atoms with Gasteiger partial charge in [0.1, 0.15) is 11.7 Å². The normalized spacial score (nSPS) is 19.5. The predicted molar refractivity (Wildman–Crippen MR) is 89.7 cm³/mol. The summed E-state index contributed by atoms with van der Waals surface area (Å²) >= 11 is 1.06. The summed E-state index contributed by atoms with van der Waals surface area (Å²) in [5.74, 6) is -2.32. The molecule has 142 valence electrons. The van der Waals surface area contributed by atoms with Crippen molar-refractivity contribution in [2.45, 2.75) is 19.0 Å². The van der Waals surface area contributed by atoms with Gasteiger partial charge >= 0.3 is 5.97 Å². The molecule has 1 aliphatic heterocycles. The molecule has 15 heteroatoms. The average molecular weight is 395 g/mol. The zero-order valence-corrected chi connectivity index (χ0v) is 14.5. The Morgan fingerprint density at radius 1 is 1.56 bits per heavy atom. The average Bonchev–Trinajstić information content (AvgIpc) is 3.28. The minimum absolute atomic E-state index is 0.0936. The molecule has 0 aliphatic carbocycles. The molecule has 5 N–H and O–H groups in total. The first-order valence-electron chi connectivity index (χ1n) is 7.39. The first-order valence-corrected chi connectivity index (χ1v) is 8.27. The summed E-state index contributed by atoms with van der Waals surface area (Å²) in [4.78, 5) is 45.2. The van der Waals surface area contributed by atoms with Crippen LogP contribution >= 0.6 is 11.3 Å². The number of nitrogens with two attached hydrogens (primary N) is 1. The van der Waals surface area contributed by atoms with E-state index in [0.29, 0.717) is 0 Å². The number of carboxylic acids is 1. The van der Waals surface area contributed by atoms with Gasteiger partial charge in [-0.1, -0.05) is 10.3 Å². The lowest BCUT2D eigenvalue weighted by Crippen LogP contribution is -2.70. The van der Waals surface area contributed by atoms with Crippen molar-refractivity contribution in [1.29, 1.82) is 0 Å². The van der Waals surface area contributed by atoms with Gasteiger partial charge in [-0.05, 0) is 17.4 Å². The third-order valence-corrected chi connectivity index (χ3v) is 4.24. The molecule has 0 saturated carbocycles. The van der Waals surface area contributed by atoms with Gasteiger partial charge in [-0.25, -0.2) is 14.9 Å². The van der Waals surface area contributed by atoms with Crippen LogP contribution in [-0.2, 0) is 19.2 Å². The standard InChI is InChI=1S/C12H13N9O5S/c1-4-7(10(25)21(4)12-16-19-20-17-12)15-9(24)8(18-26-2-6(22)23)5-3-27-11(13)14-5/h3-4,7H,2H2,1H3,(H2,13,14)(H,15,24)(H,22,23)(H,16,17,19,20)/b18-8+. The minimum Gasteiger partial charge on any atom is -0.479 e. The molecule has 2 amide bonds. The van der Waals surface area contributed by atoms with E-state index < -0.39 is 36.5 Å². The van der Waals surface area contributed by atoms with Crippen molar-refractivity contribution in [1.82, 2.24) is 30.9 Å². The van der Waals surface area contributed by atoms with Crippen LogP contribution in [0, 0.1) is 0 Å². The number of aromatic amines is 1. The number of hydrogen-bond donors (Lipinski definition) is 4. The van der Waals surface area contributed by atoms with Crippen molar-refractivity contribution in [3.63, 3.8) is 0 Å². The summed E-state index contributed by atoms with van der Waals surface area (Å²) in [5.41, 5.74) is 5.34. The number of anilines is 2. The number of aliphatic carboxylic acids is 1. The van der Waals surface area contributed by atoms with Gasteiger partial charge in [0, 0.05) is 5.38 Å². The summed E-state index contributed by atoms with van der Waals surface area (Å²) < 4.78 is 0. The number of rotatable bonds is 7. The summed E-state index contributed by atoms with van der Waals surface area (Å²) in [5, 5.41) is 29.2. The Hall–Kier alpha value is -3.62. The van der Waals surface area contributed by atoms with Gasteiger partial charge in [-0.3, -0.25) is 14.5 Å². The van der Waals surface area contributed by atoms with Crippen molar-refractivity contribution in [3.8, 4) is 0 Å². The maximum Gasteiger partial charge on any atom is 0.344 e. The van der Waals surface area contributed by atoms with Crippen LogP contribution in [0.15, 0.2) is 10.5 Å². The number of carboxylic acid groups (broad SMARTS) is 1. The number of nitrogens with zero attached hydrogens (tertiary/aromatic N) is 6. The number of nitrogen functional groups attached to an aromatic ring is 1. The highest BCUT2D eigenvalue weighted by molar-refractivity contribution is 7.13. The predicted octanol–water partition coefficient (Wildman–Crippen LogP) is -2.04. The zero-order chi connectivity index (χ0) is 19.6. The fraction of sp³-hybridized carbons (Fsp3) is 0.333. The van der Waals surface area contributed by atoms with Gasteiger partial charge in [0.25, 0.3) is 11.8 Å². The van der Waals surface area contributed by atoms with Crippen molar-refractivity contribution >= 4 is 45.9 Å². The molecule has 2 aromatic heterocycles. The van der Waals surface area contributed by atoms with Crippen LogP contribution in [0.4, 0.5) is 11.1 Å². The molecule has 1 saturated heterocycles. The number of aromatic nitrogens is 5. The molecule has 2 aromatic rings. The van der Waals surface area contributed by atoms with Gasteiger partial charge in [0.05, 0.1) is 6.04 Å². The second kappa shape index (κ2) is 7.32. The van der Waals surface area contributed by atoms with E-state index in [1.165, 1.54) is 10.3 Å². The first-order chi connectivity index (χ1) is 12.9. The Kier molecular flexibility index (Phi) is 4.93. The quantitative estimate of drug-likeness (QED) is 0.230. The molecule has 14 nitrogen and oxygen atoms in total. The fourth-order valence-corrected chi connectivity index (χ4v) is 2.87. The third kappa shape index (κ3) is 3.66. The van der Waals surface area contributed by atoms with Crippen LogP contribution in [0.1, 0.15) is 12.6 Å². The molecule has 0 bridgehead atoms. The Morgan fingerprint density at radius 3 is 2.89 bits per heavy atom. The lowest BCUT2D eigenvalue weighted by atomic mass is 9.97. The number of tetrazole rings is 1. The maximum absolute atomic E-state index is 12.6. The van der Waals surface area contributed by atoms with Gasteiger partial charge in [0.2, 0.25) is 12.6 Å². The Bertz CT molecular complexity index is 895. The number of thiazole rings is 1. The van der Waals surface area contributed by atoms with E-state index in [0.717, 1.165) is 11.3 Å². The number of oxime groups is 1. The van der Waals surface area contributed by atoms with E-state index in [-0.39, 0.29) is 22.5 Å². The topological polar surface area (TPSA) is 202 Å². The second-order valence-electron chi connectivity index (χ2n) is 5.30. The number of carbonyl (C=O) groups excluding carboxylic acids is 2. The molecule has 3 rings (SSSR count). The Labute approximate surface area is 154 Å². The summed E-state index contributed by atoms with van der Waals surface area (Å²) in [7, 11) is 0. The van der Waals surface area contributed by atoms with Crippen molar-refractivity contribution in [2.75, 3.05) is 17.2 Å². The summed E-state index contributed by atoms with van der Waals surface area (Å²) in [6.07, 6.45) is 0. The van der Waals surface area contributed by atoms with E-state index in [1.54, 1.807) is 6.92 Å². The third-order valence-electron chi connectivity index (χ3n) is 3.57. The number of carbonyl (C=O) groups is 3. The van der Waals surface area contributed by atoms with Crippen LogP contribution in [0.25, 0.3) is 0 Å². The van der Waals surface area contributed by atoms with Crippen LogP contribution in [0.2, 0.25) is 0 Å². The molecule has 1 aliphatic rings. The van der Waals surface area contributed by atoms with E-state index in [9.17, 15) is 14.4 Å². The summed E-state index contributed by atoms with van der Waals surface area (Å²) in [6.45, 7) is 0.939. The van der Waals surface area contributed by atoms with E-state index in [2.05, 4.69) is 40.9 Å². The molecule has 27 heavy (non-hydrogen) atoms. The maximum atomic E-state index is 12.6. The summed E-state index contributed by atoms with van der Waals surface area (Å²) in [6, 6.07) is -1.29. The van der Waals surface area contributed by atoms with Crippen molar-refractivity contribution in [3.05, 3.63) is 11.1 Å². The van der Waals surface area contributed by atoms with Crippen LogP contribution in [0.3, 0.4) is 0 Å². The first kappa shape index (κ1) is 18.2. The van der Waals surface area contributed by atoms with E-state index in [4.69, 9.17) is 10.8 Å². The molecular weight excluding hydrogens is 382 g/mol. The molecule has 0 aromatic carbocycles. The smallest absolute Gasteiger partial charge is 0.344 e. The molecular formula is C12H13N9O5S. The molecule has 0 spiro atoms. The number of β-lactam (4-membered cyclic amide) rings is 1. The molecule has 1 fully saturated rings. The number of hydrogen-bond acceptors (Lipinski definition) is 11. The number of nitrogens with one attached hydrogen (secondary N) is 2. The molecule has 0 radical (unpaired) electrons. The minimum atomic E-state index is -1.27. The highest BCUT2D eigenvalue weighted by atomic mass is 32.1. The fourth-order valence-electron chi connectivity index (χ4n) is 2.32. The highest BCUT2D eigenvalue weighted by Crippen LogP contribution is 2.24. The molecule has 3 heterocycles. The van der Waals surface area contributed by atoms with Gasteiger partial charge in [0.15, 0.2) is 10.8 Å². The Balaban J connectivity index is 1.73. The van der Waals surface area contributed by atoms with Gasteiger partial charge < -0.3 is 21.0 Å².